The van der Waals surface area contributed by atoms with E-state index in [2.05, 4.69) is 0 Å². The third kappa shape index (κ3) is 2.62. The lowest BCUT2D eigenvalue weighted by Gasteiger charge is -2.12. The highest BCUT2D eigenvalue weighted by molar-refractivity contribution is 5.70. The Balaban J connectivity index is 3.28. The van der Waals surface area contributed by atoms with Crippen LogP contribution in [0.2, 0.25) is 0 Å². The van der Waals surface area contributed by atoms with Crippen LogP contribution in [-0.2, 0) is 17.4 Å². The van der Waals surface area contributed by atoms with Gasteiger partial charge < -0.3 is 10.8 Å². The Hall–Kier alpha value is -1.79. The lowest BCUT2D eigenvalue weighted by Crippen LogP contribution is -2.12. The van der Waals surface area contributed by atoms with Gasteiger partial charge in [0.2, 0.25) is 0 Å². The normalized spacial score (nSPS) is 11.5. The Kier molecular flexibility index (Phi) is 3.06. The van der Waals surface area contributed by atoms with Crippen LogP contribution < -0.4 is 5.73 Å². The van der Waals surface area contributed by atoms with Crippen molar-refractivity contribution in [3.8, 4) is 0 Å². The summed E-state index contributed by atoms with van der Waals surface area (Å²) < 4.78 is 50.1. The van der Waals surface area contributed by atoms with E-state index in [1.54, 1.807) is 0 Å². The number of alkyl halides is 3. The predicted molar refractivity (Wildman–Crippen MR) is 47.2 cm³/mol. The van der Waals surface area contributed by atoms with Crippen molar-refractivity contribution in [1.29, 1.82) is 0 Å². The van der Waals surface area contributed by atoms with E-state index >= 15 is 0 Å². The minimum Gasteiger partial charge on any atom is -0.481 e. The molecule has 88 valence electrons. The molecule has 7 heteroatoms. The second kappa shape index (κ2) is 3.99. The van der Waals surface area contributed by atoms with E-state index < -0.39 is 35.6 Å². The molecule has 0 bridgehead atoms. The zero-order valence-corrected chi connectivity index (χ0v) is 7.81. The number of aliphatic carboxylic acids is 1. The molecule has 0 aliphatic carbocycles. The Morgan fingerprint density at radius 2 is 1.94 bits per heavy atom. The molecule has 0 aromatic heterocycles. The van der Waals surface area contributed by atoms with Gasteiger partial charge in [0.15, 0.2) is 0 Å². The van der Waals surface area contributed by atoms with Gasteiger partial charge in [-0.25, -0.2) is 4.39 Å². The van der Waals surface area contributed by atoms with Gasteiger partial charge in [0.05, 0.1) is 17.7 Å². The molecule has 1 aromatic rings. The fourth-order valence-corrected chi connectivity index (χ4v) is 1.19. The van der Waals surface area contributed by atoms with Gasteiger partial charge in [-0.15, -0.1) is 0 Å². The zero-order chi connectivity index (χ0) is 12.5. The Morgan fingerprint density at radius 1 is 1.38 bits per heavy atom. The maximum atomic E-state index is 13.0. The minimum absolute atomic E-state index is 0.286. The van der Waals surface area contributed by atoms with Crippen molar-refractivity contribution in [3.63, 3.8) is 0 Å². The van der Waals surface area contributed by atoms with Gasteiger partial charge in [0.25, 0.3) is 0 Å². The monoisotopic (exact) mass is 237 g/mol. The zero-order valence-electron chi connectivity index (χ0n) is 7.81. The van der Waals surface area contributed by atoms with Gasteiger partial charge in [-0.05, 0) is 17.7 Å². The van der Waals surface area contributed by atoms with E-state index in [4.69, 9.17) is 10.8 Å². The van der Waals surface area contributed by atoms with E-state index in [1.165, 1.54) is 0 Å². The molecule has 1 aromatic carbocycles. The third-order valence-corrected chi connectivity index (χ3v) is 1.85. The summed E-state index contributed by atoms with van der Waals surface area (Å²) in [4.78, 5) is 10.3. The van der Waals surface area contributed by atoms with Crippen LogP contribution >= 0.6 is 0 Å². The molecule has 0 heterocycles. The van der Waals surface area contributed by atoms with Crippen LogP contribution in [0.1, 0.15) is 11.1 Å². The predicted octanol–water partition coefficient (Wildman–Crippen LogP) is 2.05. The summed E-state index contributed by atoms with van der Waals surface area (Å²) in [6.45, 7) is 0. The molecule has 3 N–H and O–H groups in total. The Morgan fingerprint density at radius 3 is 2.38 bits per heavy atom. The van der Waals surface area contributed by atoms with Crippen LogP contribution in [0.15, 0.2) is 12.1 Å². The summed E-state index contributed by atoms with van der Waals surface area (Å²) in [7, 11) is 0. The van der Waals surface area contributed by atoms with Crippen molar-refractivity contribution in [2.75, 3.05) is 5.73 Å². The summed E-state index contributed by atoms with van der Waals surface area (Å²) in [5, 5.41) is 8.39. The van der Waals surface area contributed by atoms with E-state index in [-0.39, 0.29) is 5.56 Å². The molecule has 0 radical (unpaired) electrons. The van der Waals surface area contributed by atoms with Crippen LogP contribution in [-0.4, -0.2) is 11.1 Å². The molecule has 0 saturated heterocycles. The maximum absolute atomic E-state index is 13.0. The molecule has 0 amide bonds. The quantitative estimate of drug-likeness (QED) is 0.611. The molecule has 0 spiro atoms. The average molecular weight is 237 g/mol. The van der Waals surface area contributed by atoms with Crippen LogP contribution in [0.3, 0.4) is 0 Å². The van der Waals surface area contributed by atoms with E-state index in [0.717, 1.165) is 0 Å². The lowest BCUT2D eigenvalue weighted by molar-refractivity contribution is -0.138. The van der Waals surface area contributed by atoms with Gasteiger partial charge >= 0.3 is 12.1 Å². The number of nitrogens with two attached hydrogens (primary N) is 1. The lowest BCUT2D eigenvalue weighted by atomic mass is 10.1. The standard InChI is InChI=1S/C9H7F4NO2/c10-6-2-4(3-7(15)16)1-5(8(6)14)9(11,12)13/h1-2H,3,14H2,(H,15,16). The highest BCUT2D eigenvalue weighted by atomic mass is 19.4. The highest BCUT2D eigenvalue weighted by Gasteiger charge is 2.34. The molecule has 0 aliphatic rings. The van der Waals surface area contributed by atoms with E-state index in [0.29, 0.717) is 12.1 Å². The molecule has 0 fully saturated rings. The first-order chi connectivity index (χ1) is 7.21. The largest absolute Gasteiger partial charge is 0.481 e. The summed E-state index contributed by atoms with van der Waals surface area (Å²) >= 11 is 0. The summed E-state index contributed by atoms with van der Waals surface area (Å²) in [6, 6.07) is 1.21. The van der Waals surface area contributed by atoms with Crippen molar-refractivity contribution in [3.05, 3.63) is 29.1 Å². The molecule has 1 rings (SSSR count). The first kappa shape index (κ1) is 12.3. The molecule has 3 nitrogen and oxygen atoms in total. The van der Waals surface area contributed by atoms with Gasteiger partial charge in [-0.2, -0.15) is 13.2 Å². The molecule has 0 aliphatic heterocycles. The van der Waals surface area contributed by atoms with Crippen molar-refractivity contribution < 1.29 is 27.5 Å². The third-order valence-electron chi connectivity index (χ3n) is 1.85. The maximum Gasteiger partial charge on any atom is 0.418 e. The summed E-state index contributed by atoms with van der Waals surface area (Å²) in [5.41, 5.74) is 2.26. The first-order valence-corrected chi connectivity index (χ1v) is 4.08. The number of hydrogen-bond acceptors (Lipinski definition) is 2. The van der Waals surface area contributed by atoms with Crippen molar-refractivity contribution in [2.45, 2.75) is 12.6 Å². The van der Waals surface area contributed by atoms with Gasteiger partial charge in [-0.3, -0.25) is 4.79 Å². The number of anilines is 1. The van der Waals surface area contributed by atoms with E-state index in [1.807, 2.05) is 0 Å². The first-order valence-electron chi connectivity index (χ1n) is 4.08. The minimum atomic E-state index is -4.81. The van der Waals surface area contributed by atoms with Crippen molar-refractivity contribution >= 4 is 11.7 Å². The van der Waals surface area contributed by atoms with Crippen LogP contribution in [0.25, 0.3) is 0 Å². The summed E-state index contributed by atoms with van der Waals surface area (Å²) in [5.74, 6) is -2.62. The van der Waals surface area contributed by atoms with Crippen molar-refractivity contribution in [2.24, 2.45) is 0 Å². The number of rotatable bonds is 2. The Labute approximate surface area is 87.5 Å². The van der Waals surface area contributed by atoms with Crippen molar-refractivity contribution in [1.82, 2.24) is 0 Å². The number of benzene rings is 1. The molecule has 0 atom stereocenters. The Bertz CT molecular complexity index is 428. The van der Waals surface area contributed by atoms with Crippen LogP contribution in [0, 0.1) is 5.82 Å². The molecule has 16 heavy (non-hydrogen) atoms. The number of hydrogen-bond donors (Lipinski definition) is 2. The summed E-state index contributed by atoms with van der Waals surface area (Å²) in [6.07, 6.45) is -5.50. The van der Waals surface area contributed by atoms with Gasteiger partial charge in [0, 0.05) is 0 Å². The molecular formula is C9H7F4NO2. The topological polar surface area (TPSA) is 63.3 Å². The van der Waals surface area contributed by atoms with E-state index in [9.17, 15) is 22.4 Å². The smallest absolute Gasteiger partial charge is 0.418 e. The van der Waals surface area contributed by atoms with Gasteiger partial charge in [-0.1, -0.05) is 0 Å². The second-order valence-electron chi connectivity index (χ2n) is 3.11. The molecule has 0 unspecified atom stereocenters. The molecular weight excluding hydrogens is 230 g/mol. The average Bonchev–Trinajstić information content (AvgIpc) is 2.08. The number of carboxylic acid groups (broad SMARTS) is 1. The number of halogens is 4. The number of carboxylic acids is 1. The highest BCUT2D eigenvalue weighted by Crippen LogP contribution is 2.35. The number of nitrogen functional groups attached to an aromatic ring is 1. The van der Waals surface area contributed by atoms with Crippen LogP contribution in [0.4, 0.5) is 23.2 Å². The molecule has 0 saturated carbocycles. The number of carbonyl (C=O) groups is 1. The van der Waals surface area contributed by atoms with Crippen LogP contribution in [0.5, 0.6) is 0 Å². The SMILES string of the molecule is Nc1c(F)cc(CC(=O)O)cc1C(F)(F)F. The van der Waals surface area contributed by atoms with Gasteiger partial charge in [0.1, 0.15) is 5.82 Å². The second-order valence-corrected chi connectivity index (χ2v) is 3.11. The fraction of sp³-hybridized carbons (Fsp3) is 0.222. The fourth-order valence-electron chi connectivity index (χ4n) is 1.19.